The van der Waals surface area contributed by atoms with Crippen LogP contribution >= 0.6 is 0 Å². The first-order valence-electron chi connectivity index (χ1n) is 18.7. The van der Waals surface area contributed by atoms with E-state index in [2.05, 4.69) is 62.9 Å². The Kier molecular flexibility index (Phi) is 11.8. The van der Waals surface area contributed by atoms with E-state index in [1.807, 2.05) is 18.2 Å². The first-order chi connectivity index (χ1) is 27.8. The molecule has 2 aromatic heterocycles. The van der Waals surface area contributed by atoms with Crippen LogP contribution in [0.5, 0.6) is 0 Å². The average Bonchev–Trinajstić information content (AvgIpc) is 3.83. The van der Waals surface area contributed by atoms with E-state index in [0.29, 0.717) is 6.54 Å². The molecule has 7 rings (SSSR count). The maximum absolute atomic E-state index is 13.7. The zero-order chi connectivity index (χ0) is 39.9. The third kappa shape index (κ3) is 8.31. The number of hydrogen-bond donors (Lipinski definition) is 2. The molecule has 1 saturated heterocycles. The molecule has 3 heterocycles. The second-order valence-electron chi connectivity index (χ2n) is 13.6. The number of fused-ring (bicyclic) bond motifs is 1. The summed E-state index contributed by atoms with van der Waals surface area (Å²) in [6.07, 6.45) is 3.05. The summed E-state index contributed by atoms with van der Waals surface area (Å²) in [5.74, 6) is -2.73. The topological polar surface area (TPSA) is 173 Å². The first kappa shape index (κ1) is 38.6. The summed E-state index contributed by atoms with van der Waals surface area (Å²) in [7, 11) is 1.22. The van der Waals surface area contributed by atoms with E-state index >= 15 is 0 Å². The van der Waals surface area contributed by atoms with Gasteiger partial charge in [0, 0.05) is 19.0 Å². The van der Waals surface area contributed by atoms with E-state index in [1.165, 1.54) is 23.6 Å². The third-order valence-electron chi connectivity index (χ3n) is 9.93. The summed E-state index contributed by atoms with van der Waals surface area (Å²) in [5, 5.41) is 6.15. The van der Waals surface area contributed by atoms with Gasteiger partial charge in [0.25, 0.3) is 5.91 Å². The van der Waals surface area contributed by atoms with Crippen LogP contribution in [-0.2, 0) is 23.7 Å². The predicted molar refractivity (Wildman–Crippen MR) is 209 cm³/mol. The number of benzene rings is 3. The fourth-order valence-electron chi connectivity index (χ4n) is 7.08. The molecule has 292 valence electrons. The minimum Gasteiger partial charge on any atom is -0.463 e. The molecule has 3 aromatic carbocycles. The van der Waals surface area contributed by atoms with Gasteiger partial charge in [0.05, 0.1) is 24.6 Å². The van der Waals surface area contributed by atoms with E-state index in [9.17, 15) is 19.2 Å². The number of ether oxygens (including phenoxy) is 4. The number of anilines is 1. The summed E-state index contributed by atoms with van der Waals surface area (Å²) >= 11 is 0. The van der Waals surface area contributed by atoms with Crippen molar-refractivity contribution in [1.29, 1.82) is 0 Å². The molecule has 5 aromatic rings. The molecule has 0 bridgehead atoms. The van der Waals surface area contributed by atoms with Gasteiger partial charge in [-0.15, -0.1) is 0 Å². The van der Waals surface area contributed by atoms with Crippen LogP contribution in [0.4, 0.5) is 5.82 Å². The monoisotopic (exact) mass is 770 g/mol. The number of hydrogen-bond acceptors (Lipinski definition) is 12. The van der Waals surface area contributed by atoms with Crippen LogP contribution in [0.25, 0.3) is 11.2 Å². The predicted octanol–water partition coefficient (Wildman–Crippen LogP) is 5.82. The van der Waals surface area contributed by atoms with E-state index in [1.54, 1.807) is 67.6 Å². The van der Waals surface area contributed by atoms with Gasteiger partial charge >= 0.3 is 17.9 Å². The van der Waals surface area contributed by atoms with Crippen LogP contribution in [0.15, 0.2) is 121 Å². The minimum atomic E-state index is -1.43. The fourth-order valence-corrected chi connectivity index (χ4v) is 7.08. The van der Waals surface area contributed by atoms with Gasteiger partial charge < -0.3 is 29.6 Å². The summed E-state index contributed by atoms with van der Waals surface area (Å²) < 4.78 is 24.9. The van der Waals surface area contributed by atoms with Crippen LogP contribution in [-0.4, -0.2) is 81.8 Å². The fraction of sp³-hybridized carbons (Fsp3) is 0.279. The highest BCUT2D eigenvalue weighted by molar-refractivity contribution is 5.92. The van der Waals surface area contributed by atoms with Crippen molar-refractivity contribution in [3.8, 4) is 0 Å². The number of methoxy groups -OCH3 is 1. The number of nitrogens with one attached hydrogen (secondary N) is 2. The average molecular weight is 771 g/mol. The van der Waals surface area contributed by atoms with Crippen molar-refractivity contribution in [2.24, 2.45) is 5.92 Å². The second kappa shape index (κ2) is 17.4. The summed E-state index contributed by atoms with van der Waals surface area (Å²) in [4.78, 5) is 67.6. The Morgan fingerprint density at radius 1 is 0.860 bits per heavy atom. The molecular formula is C43H42N6O8. The van der Waals surface area contributed by atoms with Crippen molar-refractivity contribution in [2.75, 3.05) is 25.5 Å². The van der Waals surface area contributed by atoms with Gasteiger partial charge in [0.1, 0.15) is 0 Å². The third-order valence-corrected chi connectivity index (χ3v) is 9.93. The zero-order valence-corrected chi connectivity index (χ0v) is 31.6. The number of likely N-dealkylation sites (N-methyl/N-ethyl adjacent to an activating group) is 1. The molecule has 0 saturated carbocycles. The number of imidazole rings is 1. The van der Waals surface area contributed by atoms with Crippen molar-refractivity contribution in [3.05, 3.63) is 144 Å². The van der Waals surface area contributed by atoms with Crippen LogP contribution in [0.1, 0.15) is 69.3 Å². The van der Waals surface area contributed by atoms with Crippen molar-refractivity contribution in [3.63, 3.8) is 0 Å². The molecule has 57 heavy (non-hydrogen) atoms. The van der Waals surface area contributed by atoms with Gasteiger partial charge in [0.15, 0.2) is 41.5 Å². The lowest BCUT2D eigenvalue weighted by Crippen LogP contribution is -2.46. The van der Waals surface area contributed by atoms with Gasteiger partial charge in [0.2, 0.25) is 5.82 Å². The highest BCUT2D eigenvalue weighted by atomic mass is 16.6. The molecule has 14 heteroatoms. The van der Waals surface area contributed by atoms with Crippen molar-refractivity contribution >= 4 is 40.8 Å². The Bertz CT molecular complexity index is 2300. The van der Waals surface area contributed by atoms with Gasteiger partial charge in [-0.2, -0.15) is 0 Å². The summed E-state index contributed by atoms with van der Waals surface area (Å²) in [6, 6.07) is 26.6. The quantitative estimate of drug-likeness (QED) is 0.109. The second-order valence-corrected chi connectivity index (χ2v) is 13.6. The number of esters is 3. The molecule has 0 radical (unpaired) electrons. The number of amides is 1. The Hall–Kier alpha value is -6.67. The van der Waals surface area contributed by atoms with E-state index < -0.39 is 48.4 Å². The Morgan fingerprint density at radius 3 is 2.11 bits per heavy atom. The molecule has 2 N–H and O–H groups in total. The molecular weight excluding hydrogens is 729 g/mol. The number of nitrogens with zero attached hydrogens (tertiary/aromatic N) is 4. The van der Waals surface area contributed by atoms with Crippen molar-refractivity contribution in [1.82, 2.24) is 24.8 Å². The smallest absolute Gasteiger partial charge is 0.376 e. The number of rotatable bonds is 13. The van der Waals surface area contributed by atoms with Crippen LogP contribution in [0.2, 0.25) is 0 Å². The van der Waals surface area contributed by atoms with E-state index in [4.69, 9.17) is 18.9 Å². The lowest BCUT2D eigenvalue weighted by Gasteiger charge is -2.27. The van der Waals surface area contributed by atoms with Gasteiger partial charge in [-0.25, -0.2) is 29.3 Å². The number of carbonyl (C=O) groups is 4. The number of allylic oxidation sites excluding steroid dienone is 3. The zero-order valence-electron chi connectivity index (χ0n) is 31.6. The van der Waals surface area contributed by atoms with E-state index in [0.717, 1.165) is 12.0 Å². The van der Waals surface area contributed by atoms with Gasteiger partial charge in [-0.1, -0.05) is 97.5 Å². The van der Waals surface area contributed by atoms with Crippen molar-refractivity contribution < 1.29 is 38.1 Å². The molecule has 1 fully saturated rings. The first-order valence-corrected chi connectivity index (χ1v) is 18.7. The molecule has 14 nitrogen and oxygen atoms in total. The lowest BCUT2D eigenvalue weighted by molar-refractivity contribution is -0.137. The Morgan fingerprint density at radius 2 is 1.49 bits per heavy atom. The number of carbonyl (C=O) groups excluding carboxylic acids is 4. The minimum absolute atomic E-state index is 0.0577. The Balaban J connectivity index is 1.31. The maximum atomic E-state index is 13.7. The molecule has 1 aliphatic heterocycles. The highest BCUT2D eigenvalue weighted by Gasteiger charge is 2.54. The molecule has 1 amide bonds. The molecule has 6 atom stereocenters. The van der Waals surface area contributed by atoms with Gasteiger partial charge in [-0.3, -0.25) is 9.36 Å². The van der Waals surface area contributed by atoms with Crippen LogP contribution in [0.3, 0.4) is 0 Å². The normalized spacial score (nSPS) is 20.6. The van der Waals surface area contributed by atoms with Gasteiger partial charge in [-0.05, 0) is 49.1 Å². The molecule has 1 aliphatic carbocycles. The molecule has 0 spiro atoms. The standard InChI is InChI=1S/C43H42N6O8/c1-4-44-39(50)34-33(56-41(51)28-19-10-6-11-20-28)35(57-42(52)29-21-12-7-13-22-29)40(55-34)49-25-46-32-36(47-37(43(53)54-3)48-38(32)49)45-24-31(27-17-8-5-9-18-27)30-23-15-14-16-26(30)2/h5-15,17-23,25-26,31,33-35,40H,4,16,24H2,1-3H3,(H,44,50)(H,45,47,48)/t26?,31?,33-,34+,35-,40-/m1/s1. The lowest BCUT2D eigenvalue weighted by atomic mass is 9.80. The Labute approximate surface area is 328 Å². The summed E-state index contributed by atoms with van der Waals surface area (Å²) in [6.45, 7) is 4.55. The number of aromatic nitrogens is 4. The maximum Gasteiger partial charge on any atom is 0.376 e. The largest absolute Gasteiger partial charge is 0.463 e. The summed E-state index contributed by atoms with van der Waals surface area (Å²) in [5.41, 5.74) is 3.12. The van der Waals surface area contributed by atoms with Crippen LogP contribution < -0.4 is 10.6 Å². The van der Waals surface area contributed by atoms with Crippen molar-refractivity contribution in [2.45, 2.75) is 50.7 Å². The molecule has 2 unspecified atom stereocenters. The molecule has 2 aliphatic rings. The highest BCUT2D eigenvalue weighted by Crippen LogP contribution is 2.38. The van der Waals surface area contributed by atoms with E-state index in [-0.39, 0.29) is 52.3 Å². The SMILES string of the molecule is CCNC(=O)[C@H]1O[C@@H](n2cnc3c(NCC(C4=CC=CCC4C)c4ccccc4)nc(C(=O)OC)nc32)[C@H](OC(=O)c2ccccc2)[C@@H]1OC(=O)c1ccccc1. The van der Waals surface area contributed by atoms with Crippen LogP contribution in [0, 0.1) is 5.92 Å².